The fourth-order valence-corrected chi connectivity index (χ4v) is 4.28. The Labute approximate surface area is 75.8 Å². The summed E-state index contributed by atoms with van der Waals surface area (Å²) in [5.74, 6) is 0. The molecule has 0 bridgehead atoms. The van der Waals surface area contributed by atoms with Crippen molar-refractivity contribution in [3.8, 4) is 0 Å². The van der Waals surface area contributed by atoms with E-state index < -0.39 is 0 Å². The number of morpholine rings is 1. The van der Waals surface area contributed by atoms with Gasteiger partial charge >= 0.3 is 76.3 Å². The molecule has 0 spiro atoms. The van der Waals surface area contributed by atoms with Gasteiger partial charge < -0.3 is 0 Å². The monoisotopic (exact) mass is 354 g/mol. The maximum absolute atomic E-state index is 5.21. The van der Waals surface area contributed by atoms with Gasteiger partial charge in [0.1, 0.15) is 0 Å². The molecule has 0 aliphatic carbocycles. The minimum atomic E-state index is 0.423. The molecule has 9 heavy (non-hydrogen) atoms. The van der Waals surface area contributed by atoms with Crippen LogP contribution in [0.25, 0.3) is 0 Å². The van der Waals surface area contributed by atoms with Crippen molar-refractivity contribution in [2.75, 3.05) is 30.9 Å². The number of hydrogen-bond acceptors (Lipinski definition) is 2. The molecular weight excluding hydrogens is 344 g/mol. The van der Waals surface area contributed by atoms with E-state index in [4.69, 9.17) is 4.74 Å². The zero-order valence-electron chi connectivity index (χ0n) is 5.15. The van der Waals surface area contributed by atoms with Gasteiger partial charge in [0.2, 0.25) is 0 Å². The molecule has 0 aromatic rings. The van der Waals surface area contributed by atoms with Gasteiger partial charge in [-0.05, 0) is 0 Å². The summed E-state index contributed by atoms with van der Waals surface area (Å²) in [5, 5.41) is 0. The summed E-state index contributed by atoms with van der Waals surface area (Å²) in [7, 11) is 0. The number of halogens is 2. The molecular formula is C5H10I2NO-. The maximum atomic E-state index is 5.21. The Bertz CT molecular complexity index is 72.6. The van der Waals surface area contributed by atoms with E-state index in [1.807, 2.05) is 0 Å². The molecule has 0 saturated carbocycles. The zero-order valence-corrected chi connectivity index (χ0v) is 9.46. The molecule has 56 valence electrons. The number of hydrogen-bond donors (Lipinski definition) is 0. The molecule has 1 aliphatic heterocycles. The topological polar surface area (TPSA) is 12.5 Å². The third-order valence-electron chi connectivity index (χ3n) is 1.32. The predicted octanol–water partition coefficient (Wildman–Crippen LogP) is -2.28. The van der Waals surface area contributed by atoms with Crippen LogP contribution in [0.4, 0.5) is 0 Å². The molecule has 1 saturated heterocycles. The molecule has 1 aliphatic rings. The van der Waals surface area contributed by atoms with E-state index in [0.717, 1.165) is 26.3 Å². The van der Waals surface area contributed by atoms with Crippen molar-refractivity contribution in [1.29, 1.82) is 0 Å². The van der Waals surface area contributed by atoms with Crippen molar-refractivity contribution in [1.82, 2.24) is 4.90 Å². The summed E-state index contributed by atoms with van der Waals surface area (Å²) >= 11 is 2.94. The van der Waals surface area contributed by atoms with Crippen molar-refractivity contribution in [2.24, 2.45) is 0 Å². The van der Waals surface area contributed by atoms with Crippen LogP contribution in [0.2, 0.25) is 0 Å². The number of ether oxygens (including phenoxy) is 1. The molecule has 0 aromatic heterocycles. The summed E-state index contributed by atoms with van der Waals surface area (Å²) in [6.07, 6.45) is 0. The van der Waals surface area contributed by atoms with E-state index in [2.05, 4.69) is 23.5 Å². The standard InChI is InChI=1S/C5H10I2NO/c6-7-5-8-1-3-9-4-2-8/h1-5H2/q-1. The SMILES string of the molecule is I[I-]CN1CCOCC1. The predicted molar refractivity (Wildman–Crippen MR) is 41.3 cm³/mol. The second-order valence-corrected chi connectivity index (χ2v) is 7.08. The van der Waals surface area contributed by atoms with Crippen molar-refractivity contribution in [3.05, 3.63) is 0 Å². The Morgan fingerprint density at radius 3 is 2.67 bits per heavy atom. The first kappa shape index (κ1) is 8.48. The number of nitrogens with zero attached hydrogens (tertiary/aromatic N) is 1. The number of alkyl halides is 1. The van der Waals surface area contributed by atoms with Crippen molar-refractivity contribution in [2.45, 2.75) is 0 Å². The average Bonchev–Trinajstić information content (AvgIpc) is 1.91. The first-order valence-electron chi connectivity index (χ1n) is 2.94. The van der Waals surface area contributed by atoms with Gasteiger partial charge in [-0.3, -0.25) is 0 Å². The van der Waals surface area contributed by atoms with E-state index in [-0.39, 0.29) is 0 Å². The van der Waals surface area contributed by atoms with E-state index in [1.165, 1.54) is 4.55 Å². The second-order valence-electron chi connectivity index (χ2n) is 1.95. The molecule has 2 nitrogen and oxygen atoms in total. The van der Waals surface area contributed by atoms with Crippen LogP contribution in [-0.4, -0.2) is 35.8 Å². The van der Waals surface area contributed by atoms with Crippen LogP contribution in [0.5, 0.6) is 0 Å². The average molecular weight is 354 g/mol. The second kappa shape index (κ2) is 5.09. The molecule has 0 aromatic carbocycles. The van der Waals surface area contributed by atoms with Crippen LogP contribution in [0.15, 0.2) is 0 Å². The third kappa shape index (κ3) is 3.33. The summed E-state index contributed by atoms with van der Waals surface area (Å²) < 4.78 is 6.55. The molecule has 1 rings (SSSR count). The van der Waals surface area contributed by atoms with E-state index >= 15 is 0 Å². The van der Waals surface area contributed by atoms with Crippen LogP contribution in [0.3, 0.4) is 0 Å². The van der Waals surface area contributed by atoms with Crippen LogP contribution in [0.1, 0.15) is 0 Å². The molecule has 0 amide bonds. The van der Waals surface area contributed by atoms with Gasteiger partial charge in [-0.15, -0.1) is 0 Å². The van der Waals surface area contributed by atoms with Gasteiger partial charge in [-0.1, -0.05) is 0 Å². The molecule has 4 heteroatoms. The van der Waals surface area contributed by atoms with Crippen LogP contribution in [-0.2, 0) is 4.74 Å². The Kier molecular flexibility index (Phi) is 4.79. The fourth-order valence-electron chi connectivity index (χ4n) is 0.785. The molecule has 0 N–H and O–H groups in total. The summed E-state index contributed by atoms with van der Waals surface area (Å²) in [5.41, 5.74) is 0. The molecule has 1 heterocycles. The summed E-state index contributed by atoms with van der Waals surface area (Å²) in [4.78, 5) is 2.49. The van der Waals surface area contributed by atoms with Gasteiger partial charge in [-0.2, -0.15) is 0 Å². The van der Waals surface area contributed by atoms with E-state index in [1.54, 1.807) is 0 Å². The Morgan fingerprint density at radius 1 is 1.44 bits per heavy atom. The van der Waals surface area contributed by atoms with Crippen molar-refractivity contribution < 1.29 is 22.0 Å². The quantitative estimate of drug-likeness (QED) is 0.315. The molecule has 0 radical (unpaired) electrons. The third-order valence-corrected chi connectivity index (χ3v) is 4.27. The Balaban J connectivity index is 2.08. The van der Waals surface area contributed by atoms with Crippen LogP contribution >= 0.6 is 18.6 Å². The summed E-state index contributed by atoms with van der Waals surface area (Å²) in [6.45, 7) is 4.20. The van der Waals surface area contributed by atoms with Crippen molar-refractivity contribution >= 4 is 18.6 Å². The molecule has 0 unspecified atom stereocenters. The zero-order chi connectivity index (χ0) is 6.53. The van der Waals surface area contributed by atoms with Crippen molar-refractivity contribution in [3.63, 3.8) is 0 Å². The van der Waals surface area contributed by atoms with Crippen LogP contribution < -0.4 is 17.2 Å². The van der Waals surface area contributed by atoms with E-state index in [0.29, 0.717) is 17.2 Å². The molecule has 1 fully saturated rings. The van der Waals surface area contributed by atoms with Gasteiger partial charge in [-0.25, -0.2) is 0 Å². The number of rotatable bonds is 2. The molecule has 0 atom stereocenters. The summed E-state index contributed by atoms with van der Waals surface area (Å²) in [6, 6.07) is 0. The van der Waals surface area contributed by atoms with Gasteiger partial charge in [0.15, 0.2) is 0 Å². The Hall–Kier alpha value is 1.38. The van der Waals surface area contributed by atoms with Gasteiger partial charge in [0.05, 0.1) is 0 Å². The van der Waals surface area contributed by atoms with Crippen LogP contribution in [0, 0.1) is 0 Å². The van der Waals surface area contributed by atoms with Gasteiger partial charge in [0, 0.05) is 0 Å². The van der Waals surface area contributed by atoms with Gasteiger partial charge in [0.25, 0.3) is 0 Å². The normalized spacial score (nSPS) is 22.8. The first-order chi connectivity index (χ1) is 4.43. The van der Waals surface area contributed by atoms with E-state index in [9.17, 15) is 0 Å². The first-order valence-corrected chi connectivity index (χ1v) is 10.7. The Morgan fingerprint density at radius 2 is 2.11 bits per heavy atom. The minimum absolute atomic E-state index is 0.423. The fraction of sp³-hybridized carbons (Fsp3) is 1.00.